The number of aromatic nitrogens is 3. The first kappa shape index (κ1) is 14.9. The van der Waals surface area contributed by atoms with E-state index in [1.54, 1.807) is 12.3 Å². The van der Waals surface area contributed by atoms with Crippen molar-refractivity contribution in [3.05, 3.63) is 59.0 Å². The molecule has 122 valence electrons. The highest BCUT2D eigenvalue weighted by atomic mass is 16.2. The lowest BCUT2D eigenvalue weighted by Crippen LogP contribution is -2.28. The van der Waals surface area contributed by atoms with Crippen LogP contribution in [0.3, 0.4) is 0 Å². The normalized spacial score (nSPS) is 17.6. The van der Waals surface area contributed by atoms with Gasteiger partial charge in [-0.05, 0) is 37.5 Å². The van der Waals surface area contributed by atoms with Gasteiger partial charge in [-0.25, -0.2) is 9.97 Å². The second-order valence-corrected chi connectivity index (χ2v) is 6.47. The van der Waals surface area contributed by atoms with E-state index in [2.05, 4.69) is 46.1 Å². The fourth-order valence-electron chi connectivity index (χ4n) is 3.62. The van der Waals surface area contributed by atoms with Gasteiger partial charge in [0.2, 0.25) is 0 Å². The highest BCUT2D eigenvalue weighted by Crippen LogP contribution is 2.30. The maximum absolute atomic E-state index is 13.0. The molecule has 1 saturated heterocycles. The van der Waals surface area contributed by atoms with Crippen LogP contribution < -0.4 is 0 Å². The van der Waals surface area contributed by atoms with E-state index in [-0.39, 0.29) is 5.91 Å². The van der Waals surface area contributed by atoms with Gasteiger partial charge in [-0.3, -0.25) is 4.79 Å². The molecule has 1 fully saturated rings. The van der Waals surface area contributed by atoms with Gasteiger partial charge in [-0.2, -0.15) is 0 Å². The molecule has 3 heterocycles. The number of amides is 1. The third-order valence-electron chi connectivity index (χ3n) is 4.84. The van der Waals surface area contributed by atoms with Gasteiger partial charge in [0.05, 0.1) is 11.1 Å². The molecule has 5 nitrogen and oxygen atoms in total. The monoisotopic (exact) mass is 320 g/mol. The number of aryl methyl sites for hydroxylation is 2. The Balaban J connectivity index is 1.61. The van der Waals surface area contributed by atoms with Gasteiger partial charge in [-0.15, -0.1) is 0 Å². The topological polar surface area (TPSA) is 61.9 Å². The number of H-pyrrole nitrogens is 1. The summed E-state index contributed by atoms with van der Waals surface area (Å²) in [7, 11) is 0. The predicted octanol–water partition coefficient (Wildman–Crippen LogP) is 3.20. The lowest BCUT2D eigenvalue weighted by molar-refractivity contribution is 0.0792. The highest BCUT2D eigenvalue weighted by molar-refractivity contribution is 6.04. The van der Waals surface area contributed by atoms with Gasteiger partial charge < -0.3 is 9.88 Å². The van der Waals surface area contributed by atoms with Crippen molar-refractivity contribution in [1.82, 2.24) is 19.9 Å². The van der Waals surface area contributed by atoms with Crippen LogP contribution in [0.1, 0.15) is 39.6 Å². The van der Waals surface area contributed by atoms with E-state index in [0.29, 0.717) is 17.1 Å². The zero-order valence-electron chi connectivity index (χ0n) is 13.9. The van der Waals surface area contributed by atoms with E-state index in [1.807, 2.05) is 11.8 Å². The maximum Gasteiger partial charge on any atom is 0.256 e. The molecule has 24 heavy (non-hydrogen) atoms. The Morgan fingerprint density at radius 2 is 2.08 bits per heavy atom. The average molecular weight is 320 g/mol. The van der Waals surface area contributed by atoms with Gasteiger partial charge in [0.25, 0.3) is 5.91 Å². The van der Waals surface area contributed by atoms with Gasteiger partial charge in [-0.1, -0.05) is 24.3 Å². The summed E-state index contributed by atoms with van der Waals surface area (Å²) in [5.74, 6) is 1.25. The number of fused-ring (bicyclic) bond motifs is 1. The van der Waals surface area contributed by atoms with Crippen LogP contribution in [0.5, 0.6) is 0 Å². The van der Waals surface area contributed by atoms with Crippen LogP contribution in [0, 0.1) is 13.8 Å². The van der Waals surface area contributed by atoms with E-state index in [4.69, 9.17) is 0 Å². The molecule has 2 aromatic heterocycles. The molecule has 0 aliphatic carbocycles. The molecular formula is C19H20N4O. The Hall–Kier alpha value is -2.69. The van der Waals surface area contributed by atoms with E-state index in [9.17, 15) is 4.79 Å². The lowest BCUT2D eigenvalue weighted by atomic mass is 9.94. The molecule has 1 aliphatic heterocycles. The number of pyridine rings is 1. The Labute approximate surface area is 140 Å². The van der Waals surface area contributed by atoms with Gasteiger partial charge >= 0.3 is 0 Å². The third-order valence-corrected chi connectivity index (χ3v) is 4.84. The summed E-state index contributed by atoms with van der Waals surface area (Å²) in [6.45, 7) is 5.56. The lowest BCUT2D eigenvalue weighted by Gasteiger charge is -2.18. The maximum atomic E-state index is 13.0. The number of nitrogens with one attached hydrogen (secondary N) is 1. The van der Waals surface area contributed by atoms with E-state index in [1.165, 1.54) is 11.1 Å². The summed E-state index contributed by atoms with van der Waals surface area (Å²) in [6, 6.07) is 10.2. The standard InChI is InChI=1S/C19H20N4O/c1-12-5-3-4-6-15(12)14-8-10-23(11-14)19(24)16-7-9-20-18-17(16)21-13(2)22-18/h3-7,9,14H,8,10-11H2,1-2H3,(H,20,21,22). The summed E-state index contributed by atoms with van der Waals surface area (Å²) >= 11 is 0. The number of hydrogen-bond donors (Lipinski definition) is 1. The average Bonchev–Trinajstić information content (AvgIpc) is 3.20. The summed E-state index contributed by atoms with van der Waals surface area (Å²) in [4.78, 5) is 26.6. The van der Waals surface area contributed by atoms with Crippen molar-refractivity contribution >= 4 is 17.1 Å². The molecule has 0 saturated carbocycles. The quantitative estimate of drug-likeness (QED) is 0.788. The van der Waals surface area contributed by atoms with Crippen molar-refractivity contribution in [2.24, 2.45) is 0 Å². The van der Waals surface area contributed by atoms with E-state index in [0.717, 1.165) is 30.9 Å². The number of nitrogens with zero attached hydrogens (tertiary/aromatic N) is 3. The fraction of sp³-hybridized carbons (Fsp3) is 0.316. The summed E-state index contributed by atoms with van der Waals surface area (Å²) in [5.41, 5.74) is 4.65. The fourth-order valence-corrected chi connectivity index (χ4v) is 3.62. The summed E-state index contributed by atoms with van der Waals surface area (Å²) in [5, 5.41) is 0. The van der Waals surface area contributed by atoms with Crippen LogP contribution in [0.4, 0.5) is 0 Å². The second kappa shape index (κ2) is 5.74. The zero-order valence-corrected chi connectivity index (χ0v) is 13.9. The molecule has 0 radical (unpaired) electrons. The second-order valence-electron chi connectivity index (χ2n) is 6.47. The summed E-state index contributed by atoms with van der Waals surface area (Å²) in [6.07, 6.45) is 2.66. The Kier molecular flexibility index (Phi) is 3.56. The number of carbonyl (C=O) groups excluding carboxylic acids is 1. The highest BCUT2D eigenvalue weighted by Gasteiger charge is 2.29. The largest absolute Gasteiger partial charge is 0.340 e. The van der Waals surface area contributed by atoms with Crippen molar-refractivity contribution in [1.29, 1.82) is 0 Å². The number of imidazole rings is 1. The van der Waals surface area contributed by atoms with Crippen LogP contribution in [-0.2, 0) is 0 Å². The number of rotatable bonds is 2. The van der Waals surface area contributed by atoms with Crippen molar-refractivity contribution in [3.8, 4) is 0 Å². The minimum atomic E-state index is 0.0575. The molecular weight excluding hydrogens is 300 g/mol. The van der Waals surface area contributed by atoms with Crippen molar-refractivity contribution in [2.45, 2.75) is 26.2 Å². The Morgan fingerprint density at radius 3 is 2.92 bits per heavy atom. The van der Waals surface area contributed by atoms with Gasteiger partial charge in [0, 0.05) is 25.2 Å². The molecule has 0 spiro atoms. The number of benzene rings is 1. The molecule has 1 aliphatic rings. The van der Waals surface area contributed by atoms with Gasteiger partial charge in [0.1, 0.15) is 5.82 Å². The van der Waals surface area contributed by atoms with Gasteiger partial charge in [0.15, 0.2) is 5.65 Å². The minimum Gasteiger partial charge on any atom is -0.340 e. The first-order chi connectivity index (χ1) is 11.6. The molecule has 1 atom stereocenters. The van der Waals surface area contributed by atoms with E-state index >= 15 is 0 Å². The zero-order chi connectivity index (χ0) is 16.7. The van der Waals surface area contributed by atoms with Crippen LogP contribution in [0.15, 0.2) is 36.5 Å². The smallest absolute Gasteiger partial charge is 0.256 e. The van der Waals surface area contributed by atoms with E-state index < -0.39 is 0 Å². The Bertz CT molecular complexity index is 915. The number of hydrogen-bond acceptors (Lipinski definition) is 3. The molecule has 5 heteroatoms. The molecule has 1 amide bonds. The van der Waals surface area contributed by atoms with Crippen molar-refractivity contribution < 1.29 is 4.79 Å². The number of aromatic amines is 1. The Morgan fingerprint density at radius 1 is 1.25 bits per heavy atom. The minimum absolute atomic E-state index is 0.0575. The predicted molar refractivity (Wildman–Crippen MR) is 93.1 cm³/mol. The first-order valence-electron chi connectivity index (χ1n) is 8.29. The molecule has 1 N–H and O–H groups in total. The molecule has 4 rings (SSSR count). The number of likely N-dealkylation sites (tertiary alicyclic amines) is 1. The first-order valence-corrected chi connectivity index (χ1v) is 8.29. The molecule has 3 aromatic rings. The molecule has 0 bridgehead atoms. The van der Waals surface area contributed by atoms with Crippen molar-refractivity contribution in [3.63, 3.8) is 0 Å². The number of carbonyl (C=O) groups is 1. The van der Waals surface area contributed by atoms with Crippen molar-refractivity contribution in [2.75, 3.05) is 13.1 Å². The molecule has 1 unspecified atom stereocenters. The van der Waals surface area contributed by atoms with Crippen LogP contribution in [-0.4, -0.2) is 38.8 Å². The SMILES string of the molecule is Cc1nc2nccc(C(=O)N3CCC(c4ccccc4C)C3)c2[nH]1. The molecule has 1 aromatic carbocycles. The summed E-state index contributed by atoms with van der Waals surface area (Å²) < 4.78 is 0. The third kappa shape index (κ3) is 2.46. The van der Waals surface area contributed by atoms with Crippen LogP contribution in [0.25, 0.3) is 11.2 Å². The van der Waals surface area contributed by atoms with Crippen LogP contribution >= 0.6 is 0 Å². The van der Waals surface area contributed by atoms with Crippen LogP contribution in [0.2, 0.25) is 0 Å².